The molecule has 11 heteroatoms. The van der Waals surface area contributed by atoms with Crippen LogP contribution in [-0.4, -0.2) is 41.4 Å². The van der Waals surface area contributed by atoms with Crippen LogP contribution >= 0.6 is 0 Å². The third-order valence-corrected chi connectivity index (χ3v) is 4.66. The Balaban J connectivity index is 1.97. The topological polar surface area (TPSA) is 85.8 Å². The van der Waals surface area contributed by atoms with Crippen molar-refractivity contribution < 1.29 is 13.2 Å². The monoisotopic (exact) mass is 402 g/mol. The highest BCUT2D eigenvalue weighted by molar-refractivity contribution is 5.91. The zero-order valence-corrected chi connectivity index (χ0v) is 16.1. The fourth-order valence-corrected chi connectivity index (χ4v) is 3.31. The SMILES string of the molecule is CNc1ncnn2c(C)nc(-c3cnn(C)c3-c3ncc(C(F)(F)F)cc3C)c12. The summed E-state index contributed by atoms with van der Waals surface area (Å²) in [5.74, 6) is 1.21. The minimum absolute atomic E-state index is 0.384. The molecule has 4 rings (SSSR count). The second kappa shape index (κ2) is 6.54. The van der Waals surface area contributed by atoms with E-state index in [0.29, 0.717) is 45.4 Å². The lowest BCUT2D eigenvalue weighted by molar-refractivity contribution is -0.137. The molecule has 0 unspecified atom stereocenters. The maximum atomic E-state index is 13.0. The number of anilines is 1. The van der Waals surface area contributed by atoms with Crippen molar-refractivity contribution in [3.05, 3.63) is 41.7 Å². The summed E-state index contributed by atoms with van der Waals surface area (Å²) in [6, 6.07) is 1.08. The molecule has 0 aromatic carbocycles. The van der Waals surface area contributed by atoms with E-state index in [1.165, 1.54) is 6.33 Å². The van der Waals surface area contributed by atoms with Crippen LogP contribution in [0.5, 0.6) is 0 Å². The van der Waals surface area contributed by atoms with Gasteiger partial charge >= 0.3 is 6.18 Å². The Bertz CT molecular complexity index is 1220. The van der Waals surface area contributed by atoms with Crippen LogP contribution in [-0.2, 0) is 13.2 Å². The molecule has 0 amide bonds. The van der Waals surface area contributed by atoms with Crippen LogP contribution in [0.1, 0.15) is 17.0 Å². The van der Waals surface area contributed by atoms with Crippen molar-refractivity contribution in [3.63, 3.8) is 0 Å². The Hall–Kier alpha value is -3.50. The molecule has 4 heterocycles. The van der Waals surface area contributed by atoms with Gasteiger partial charge in [-0.3, -0.25) is 9.67 Å². The molecular formula is C18H17F3N8. The van der Waals surface area contributed by atoms with Crippen molar-refractivity contribution in [3.8, 4) is 22.6 Å². The number of nitrogens with zero attached hydrogens (tertiary/aromatic N) is 7. The highest BCUT2D eigenvalue weighted by Crippen LogP contribution is 2.37. The summed E-state index contributed by atoms with van der Waals surface area (Å²) in [6.07, 6.45) is -0.592. The Morgan fingerprint density at radius 1 is 1.03 bits per heavy atom. The summed E-state index contributed by atoms with van der Waals surface area (Å²) < 4.78 is 42.3. The lowest BCUT2D eigenvalue weighted by Gasteiger charge is -2.12. The highest BCUT2D eigenvalue weighted by Gasteiger charge is 2.32. The van der Waals surface area contributed by atoms with Gasteiger partial charge in [-0.15, -0.1) is 0 Å². The number of hydrogen-bond donors (Lipinski definition) is 1. The molecule has 0 saturated heterocycles. The van der Waals surface area contributed by atoms with E-state index in [4.69, 9.17) is 0 Å². The summed E-state index contributed by atoms with van der Waals surface area (Å²) in [4.78, 5) is 13.0. The zero-order chi connectivity index (χ0) is 20.9. The second-order valence-electron chi connectivity index (χ2n) is 6.54. The van der Waals surface area contributed by atoms with Gasteiger partial charge in [0.05, 0.1) is 28.7 Å². The smallest absolute Gasteiger partial charge is 0.371 e. The molecule has 0 aliphatic rings. The molecule has 150 valence electrons. The number of aromatic nitrogens is 7. The predicted molar refractivity (Wildman–Crippen MR) is 100 cm³/mol. The average molecular weight is 402 g/mol. The number of hydrogen-bond acceptors (Lipinski definition) is 6. The summed E-state index contributed by atoms with van der Waals surface area (Å²) in [6.45, 7) is 3.40. The van der Waals surface area contributed by atoms with Crippen LogP contribution in [0.3, 0.4) is 0 Å². The minimum Gasteiger partial charge on any atom is -0.371 e. The number of aryl methyl sites for hydroxylation is 3. The number of fused-ring (bicyclic) bond motifs is 1. The van der Waals surface area contributed by atoms with Gasteiger partial charge in [0.1, 0.15) is 23.4 Å². The molecule has 0 spiro atoms. The molecule has 0 bridgehead atoms. The van der Waals surface area contributed by atoms with Gasteiger partial charge in [0.2, 0.25) is 0 Å². The molecule has 0 atom stereocenters. The Kier molecular flexibility index (Phi) is 4.25. The van der Waals surface area contributed by atoms with Gasteiger partial charge in [-0.25, -0.2) is 14.5 Å². The van der Waals surface area contributed by atoms with E-state index in [2.05, 4.69) is 30.5 Å². The van der Waals surface area contributed by atoms with Crippen LogP contribution in [0.4, 0.5) is 19.0 Å². The summed E-state index contributed by atoms with van der Waals surface area (Å²) in [5.41, 5.74) is 2.38. The molecule has 0 aliphatic heterocycles. The number of pyridine rings is 1. The van der Waals surface area contributed by atoms with Crippen molar-refractivity contribution >= 4 is 11.3 Å². The quantitative estimate of drug-likeness (QED) is 0.566. The first kappa shape index (κ1) is 18.8. The van der Waals surface area contributed by atoms with Crippen molar-refractivity contribution in [1.29, 1.82) is 0 Å². The Morgan fingerprint density at radius 3 is 2.45 bits per heavy atom. The first-order valence-electron chi connectivity index (χ1n) is 8.67. The van der Waals surface area contributed by atoms with E-state index in [0.717, 1.165) is 12.3 Å². The molecule has 0 aliphatic carbocycles. The standard InChI is InChI=1S/C18H17F3N8/c1-9-5-11(18(19,20)21)6-23-13(9)15-12(7-25-28(15)4)14-16-17(22-3)24-8-26-29(16)10(2)27-14/h5-8H,1-4H3,(H,22,24,26). The summed E-state index contributed by atoms with van der Waals surface area (Å²) in [5, 5.41) is 11.5. The van der Waals surface area contributed by atoms with Crippen molar-refractivity contribution in [2.45, 2.75) is 20.0 Å². The third-order valence-electron chi connectivity index (χ3n) is 4.66. The number of alkyl halides is 3. The lowest BCUT2D eigenvalue weighted by atomic mass is 10.0. The van der Waals surface area contributed by atoms with Gasteiger partial charge in [-0.05, 0) is 25.5 Å². The van der Waals surface area contributed by atoms with E-state index in [-0.39, 0.29) is 0 Å². The van der Waals surface area contributed by atoms with Crippen molar-refractivity contribution in [2.75, 3.05) is 12.4 Å². The summed E-state index contributed by atoms with van der Waals surface area (Å²) in [7, 11) is 3.44. The second-order valence-corrected chi connectivity index (χ2v) is 6.54. The molecule has 4 aromatic heterocycles. The normalized spacial score (nSPS) is 12.0. The fourth-order valence-electron chi connectivity index (χ4n) is 3.31. The first-order valence-corrected chi connectivity index (χ1v) is 8.67. The molecule has 0 fully saturated rings. The van der Waals surface area contributed by atoms with Crippen LogP contribution in [0, 0.1) is 13.8 Å². The fraction of sp³-hybridized carbons (Fsp3) is 0.278. The number of halogens is 3. The minimum atomic E-state index is -4.46. The molecule has 4 aromatic rings. The van der Waals surface area contributed by atoms with Gasteiger partial charge in [0.25, 0.3) is 0 Å². The van der Waals surface area contributed by atoms with Gasteiger partial charge < -0.3 is 5.32 Å². The third kappa shape index (κ3) is 2.98. The van der Waals surface area contributed by atoms with E-state index in [1.54, 1.807) is 43.3 Å². The van der Waals surface area contributed by atoms with Crippen LogP contribution in [0.2, 0.25) is 0 Å². The number of imidazole rings is 1. The number of rotatable bonds is 3. The Labute approximate surface area is 163 Å². The largest absolute Gasteiger partial charge is 0.417 e. The van der Waals surface area contributed by atoms with Crippen LogP contribution in [0.15, 0.2) is 24.8 Å². The Morgan fingerprint density at radius 2 is 1.79 bits per heavy atom. The summed E-state index contributed by atoms with van der Waals surface area (Å²) >= 11 is 0. The maximum absolute atomic E-state index is 13.0. The van der Waals surface area contributed by atoms with Gasteiger partial charge in [-0.1, -0.05) is 0 Å². The molecule has 8 nitrogen and oxygen atoms in total. The van der Waals surface area contributed by atoms with Crippen LogP contribution in [0.25, 0.3) is 28.2 Å². The number of nitrogens with one attached hydrogen (secondary N) is 1. The van der Waals surface area contributed by atoms with E-state index < -0.39 is 11.7 Å². The average Bonchev–Trinajstić information content (AvgIpc) is 3.21. The van der Waals surface area contributed by atoms with Gasteiger partial charge in [-0.2, -0.15) is 23.4 Å². The van der Waals surface area contributed by atoms with E-state index >= 15 is 0 Å². The van der Waals surface area contributed by atoms with Crippen molar-refractivity contribution in [2.24, 2.45) is 7.05 Å². The lowest BCUT2D eigenvalue weighted by Crippen LogP contribution is -2.07. The van der Waals surface area contributed by atoms with Crippen LogP contribution < -0.4 is 5.32 Å². The molecule has 29 heavy (non-hydrogen) atoms. The van der Waals surface area contributed by atoms with Crippen molar-refractivity contribution in [1.82, 2.24) is 34.3 Å². The predicted octanol–water partition coefficient (Wildman–Crippen LogP) is 3.26. The highest BCUT2D eigenvalue weighted by atomic mass is 19.4. The first-order chi connectivity index (χ1) is 13.7. The zero-order valence-electron chi connectivity index (χ0n) is 16.1. The molecular weight excluding hydrogens is 385 g/mol. The molecule has 1 N–H and O–H groups in total. The van der Waals surface area contributed by atoms with Gasteiger partial charge in [0.15, 0.2) is 5.82 Å². The van der Waals surface area contributed by atoms with Gasteiger partial charge in [0, 0.05) is 20.3 Å². The molecule has 0 radical (unpaired) electrons. The molecule has 0 saturated carbocycles. The van der Waals surface area contributed by atoms with E-state index in [9.17, 15) is 13.2 Å². The maximum Gasteiger partial charge on any atom is 0.417 e. The van der Waals surface area contributed by atoms with E-state index in [1.807, 2.05) is 0 Å².